The van der Waals surface area contributed by atoms with E-state index in [0.29, 0.717) is 44.0 Å². The Morgan fingerprint density at radius 1 is 1.07 bits per heavy atom. The molecule has 2 aliphatic heterocycles. The second-order valence-electron chi connectivity index (χ2n) is 8.43. The van der Waals surface area contributed by atoms with E-state index in [1.807, 2.05) is 4.90 Å². The van der Waals surface area contributed by atoms with E-state index in [1.165, 1.54) is 6.42 Å². The zero-order valence-electron chi connectivity index (χ0n) is 17.3. The average Bonchev–Trinajstić information content (AvgIpc) is 2.71. The van der Waals surface area contributed by atoms with Crippen molar-refractivity contribution in [3.8, 4) is 5.75 Å². The Hall–Kier alpha value is -1.76. The molecule has 0 N–H and O–H groups in total. The normalized spacial score (nSPS) is 20.7. The molecule has 4 nitrogen and oxygen atoms in total. The maximum Gasteiger partial charge on any atom is 0.225 e. The molecule has 1 unspecified atom stereocenters. The van der Waals surface area contributed by atoms with Gasteiger partial charge in [0.15, 0.2) is 17.4 Å². The fraction of sp³-hybridized carbons (Fsp3) is 0.682. The Labute approximate surface area is 171 Å². The van der Waals surface area contributed by atoms with Crippen LogP contribution in [0.25, 0.3) is 0 Å². The molecule has 0 bridgehead atoms. The van der Waals surface area contributed by atoms with Gasteiger partial charge >= 0.3 is 0 Å². The van der Waals surface area contributed by atoms with Crippen LogP contribution in [-0.2, 0) is 4.79 Å². The summed E-state index contributed by atoms with van der Waals surface area (Å²) in [5, 5.41) is 0. The molecule has 162 valence electrons. The number of carbonyl (C=O) groups excluding carboxylic acids is 1. The Morgan fingerprint density at radius 3 is 2.21 bits per heavy atom. The van der Waals surface area contributed by atoms with E-state index in [2.05, 4.69) is 18.7 Å². The third-order valence-electron chi connectivity index (χ3n) is 6.20. The summed E-state index contributed by atoms with van der Waals surface area (Å²) in [6.07, 6.45) is 3.58. The molecule has 29 heavy (non-hydrogen) atoms. The quantitative estimate of drug-likeness (QED) is 0.701. The minimum atomic E-state index is -1.04. The molecule has 2 fully saturated rings. The average molecular weight is 412 g/mol. The highest BCUT2D eigenvalue weighted by Crippen LogP contribution is 2.28. The summed E-state index contributed by atoms with van der Waals surface area (Å²) in [6, 6.07) is 1.23. The second-order valence-corrected chi connectivity index (χ2v) is 8.43. The fourth-order valence-electron chi connectivity index (χ4n) is 4.19. The van der Waals surface area contributed by atoms with Gasteiger partial charge in [-0.15, -0.1) is 0 Å². The molecular formula is C22H31F3N2O2. The molecule has 7 heteroatoms. The highest BCUT2D eigenvalue weighted by molar-refractivity contribution is 5.79. The van der Waals surface area contributed by atoms with Gasteiger partial charge in [0.05, 0.1) is 0 Å². The van der Waals surface area contributed by atoms with Crippen molar-refractivity contribution >= 4 is 5.91 Å². The first kappa shape index (κ1) is 21.9. The molecule has 2 aliphatic rings. The Kier molecular flexibility index (Phi) is 7.44. The molecule has 3 rings (SSSR count). The van der Waals surface area contributed by atoms with Crippen LogP contribution >= 0.6 is 0 Å². The van der Waals surface area contributed by atoms with E-state index in [9.17, 15) is 18.0 Å². The number of likely N-dealkylation sites (tertiary alicyclic amines) is 2. The zero-order valence-corrected chi connectivity index (χ0v) is 17.3. The molecule has 0 radical (unpaired) electrons. The Morgan fingerprint density at radius 2 is 1.66 bits per heavy atom. The summed E-state index contributed by atoms with van der Waals surface area (Å²) >= 11 is 0. The van der Waals surface area contributed by atoms with E-state index in [0.717, 1.165) is 32.5 Å². The summed E-state index contributed by atoms with van der Waals surface area (Å²) < 4.78 is 46.0. The third kappa shape index (κ3) is 5.65. The monoisotopic (exact) mass is 412 g/mol. The molecule has 1 atom stereocenters. The van der Waals surface area contributed by atoms with Crippen molar-refractivity contribution in [1.82, 2.24) is 9.80 Å². The first-order chi connectivity index (χ1) is 13.9. The van der Waals surface area contributed by atoms with Crippen LogP contribution in [0.4, 0.5) is 13.2 Å². The lowest BCUT2D eigenvalue weighted by Crippen LogP contribution is -2.47. The van der Waals surface area contributed by atoms with Crippen molar-refractivity contribution in [1.29, 1.82) is 0 Å². The zero-order chi connectivity index (χ0) is 21.0. The molecule has 1 aromatic rings. The maximum atomic E-state index is 13.8. The molecule has 2 saturated heterocycles. The molecule has 1 amide bonds. The van der Waals surface area contributed by atoms with Crippen LogP contribution in [0.2, 0.25) is 0 Å². The van der Waals surface area contributed by atoms with Gasteiger partial charge in [-0.25, -0.2) is 13.2 Å². The number of carbonyl (C=O) groups is 1. The molecule has 1 aromatic carbocycles. The molecule has 0 aromatic heterocycles. The van der Waals surface area contributed by atoms with Crippen LogP contribution in [0.3, 0.4) is 0 Å². The van der Waals surface area contributed by atoms with Gasteiger partial charge in [0.1, 0.15) is 11.9 Å². The second kappa shape index (κ2) is 9.83. The number of amides is 1. The molecule has 2 heterocycles. The number of piperidine rings is 2. The summed E-state index contributed by atoms with van der Waals surface area (Å²) in [7, 11) is 0. The first-order valence-corrected chi connectivity index (χ1v) is 10.7. The van der Waals surface area contributed by atoms with Gasteiger partial charge in [-0.2, -0.15) is 0 Å². The SMILES string of the molecule is CCC(C)CN1CCC(C(=O)N2CCC(Oc3c(F)cc(F)cc3F)CC2)CC1. The van der Waals surface area contributed by atoms with Gasteiger partial charge in [-0.1, -0.05) is 20.3 Å². The van der Waals surface area contributed by atoms with Gasteiger partial charge in [-0.3, -0.25) is 4.79 Å². The van der Waals surface area contributed by atoms with Crippen LogP contribution < -0.4 is 4.74 Å². The van der Waals surface area contributed by atoms with Gasteiger partial charge in [0.2, 0.25) is 5.91 Å². The summed E-state index contributed by atoms with van der Waals surface area (Å²) in [4.78, 5) is 17.2. The number of nitrogens with zero attached hydrogens (tertiary/aromatic N) is 2. The van der Waals surface area contributed by atoms with E-state index >= 15 is 0 Å². The van der Waals surface area contributed by atoms with Crippen LogP contribution in [0.1, 0.15) is 46.0 Å². The van der Waals surface area contributed by atoms with E-state index in [-0.39, 0.29) is 17.9 Å². The van der Waals surface area contributed by atoms with Crippen LogP contribution in [-0.4, -0.2) is 54.5 Å². The van der Waals surface area contributed by atoms with Crippen molar-refractivity contribution < 1.29 is 22.7 Å². The topological polar surface area (TPSA) is 32.8 Å². The van der Waals surface area contributed by atoms with Crippen molar-refractivity contribution in [2.45, 2.75) is 52.1 Å². The van der Waals surface area contributed by atoms with E-state index < -0.39 is 23.2 Å². The first-order valence-electron chi connectivity index (χ1n) is 10.7. The van der Waals surface area contributed by atoms with Crippen LogP contribution in [0.15, 0.2) is 12.1 Å². The number of halogens is 3. The summed E-state index contributed by atoms with van der Waals surface area (Å²) in [5.41, 5.74) is 0. The third-order valence-corrected chi connectivity index (χ3v) is 6.20. The Bertz CT molecular complexity index is 676. The van der Waals surface area contributed by atoms with Crippen molar-refractivity contribution in [3.63, 3.8) is 0 Å². The largest absolute Gasteiger partial charge is 0.484 e. The highest BCUT2D eigenvalue weighted by Gasteiger charge is 2.32. The van der Waals surface area contributed by atoms with Crippen molar-refractivity contribution in [3.05, 3.63) is 29.6 Å². The molecular weight excluding hydrogens is 381 g/mol. The van der Waals surface area contributed by atoms with Gasteiger partial charge in [0.25, 0.3) is 0 Å². The Balaban J connectivity index is 1.46. The predicted octanol–water partition coefficient (Wildman–Crippen LogP) is 4.23. The maximum absolute atomic E-state index is 13.8. The summed E-state index contributed by atoms with van der Waals surface area (Å²) in [5.74, 6) is -2.65. The number of rotatable bonds is 6. The summed E-state index contributed by atoms with van der Waals surface area (Å²) in [6.45, 7) is 8.51. The number of hydrogen-bond donors (Lipinski definition) is 0. The number of hydrogen-bond acceptors (Lipinski definition) is 3. The lowest BCUT2D eigenvalue weighted by Gasteiger charge is -2.37. The number of ether oxygens (including phenoxy) is 1. The van der Waals surface area contributed by atoms with Crippen molar-refractivity contribution in [2.24, 2.45) is 11.8 Å². The van der Waals surface area contributed by atoms with Gasteiger partial charge in [-0.05, 0) is 31.8 Å². The molecule has 0 spiro atoms. The predicted molar refractivity (Wildman–Crippen MR) is 105 cm³/mol. The van der Waals surface area contributed by atoms with Gasteiger partial charge < -0.3 is 14.5 Å². The smallest absolute Gasteiger partial charge is 0.225 e. The number of benzene rings is 1. The lowest BCUT2D eigenvalue weighted by molar-refractivity contribution is -0.139. The van der Waals surface area contributed by atoms with Crippen molar-refractivity contribution in [2.75, 3.05) is 32.7 Å². The standard InChI is InChI=1S/C22H31F3N2O2/c1-3-15(2)14-26-8-4-16(5-9-26)22(28)27-10-6-18(7-11-27)29-21-19(24)12-17(23)13-20(21)25/h12-13,15-16,18H,3-11,14H2,1-2H3. The van der Waals surface area contributed by atoms with E-state index in [4.69, 9.17) is 4.74 Å². The molecule has 0 aliphatic carbocycles. The van der Waals surface area contributed by atoms with Gasteiger partial charge in [0, 0.05) is 50.5 Å². The fourth-order valence-corrected chi connectivity index (χ4v) is 4.19. The van der Waals surface area contributed by atoms with Crippen LogP contribution in [0, 0.1) is 29.3 Å². The minimum Gasteiger partial charge on any atom is -0.484 e. The minimum absolute atomic E-state index is 0.0626. The molecule has 0 saturated carbocycles. The highest BCUT2D eigenvalue weighted by atomic mass is 19.1. The lowest BCUT2D eigenvalue weighted by atomic mass is 9.93. The van der Waals surface area contributed by atoms with E-state index in [1.54, 1.807) is 0 Å². The van der Waals surface area contributed by atoms with Crippen LogP contribution in [0.5, 0.6) is 5.75 Å².